The minimum absolute atomic E-state index is 0.0122. The van der Waals surface area contributed by atoms with Crippen molar-refractivity contribution in [2.75, 3.05) is 5.32 Å². The Labute approximate surface area is 109 Å². The van der Waals surface area contributed by atoms with Gasteiger partial charge in [0.25, 0.3) is 5.69 Å². The third-order valence-corrected chi connectivity index (χ3v) is 2.76. The minimum Gasteiger partial charge on any atom is -0.323 e. The van der Waals surface area contributed by atoms with Crippen molar-refractivity contribution in [3.05, 3.63) is 33.3 Å². The zero-order valence-corrected chi connectivity index (χ0v) is 10.8. The van der Waals surface area contributed by atoms with Crippen molar-refractivity contribution in [3.8, 4) is 0 Å². The van der Waals surface area contributed by atoms with Gasteiger partial charge in [-0.2, -0.15) is 0 Å². The summed E-state index contributed by atoms with van der Waals surface area (Å²) in [6, 6.07) is 3.17. The summed E-state index contributed by atoms with van der Waals surface area (Å²) in [5.74, 6) is -0.387. The third-order valence-electron chi connectivity index (χ3n) is 2.44. The number of benzene rings is 1. The molecule has 0 aliphatic heterocycles. The maximum absolute atomic E-state index is 11.7. The summed E-state index contributed by atoms with van der Waals surface area (Å²) in [5.41, 5.74) is 5.85. The molecule has 7 heteroatoms. The maximum atomic E-state index is 11.7. The molecular weight excluding hydrogens is 258 g/mol. The van der Waals surface area contributed by atoms with E-state index in [2.05, 4.69) is 5.32 Å². The maximum Gasteiger partial charge on any atom is 0.271 e. The molecule has 0 bridgehead atoms. The van der Waals surface area contributed by atoms with Crippen LogP contribution >= 0.6 is 11.6 Å². The van der Waals surface area contributed by atoms with E-state index < -0.39 is 11.0 Å². The number of non-ortho nitro benzene ring substituents is 1. The van der Waals surface area contributed by atoms with Gasteiger partial charge in [0.1, 0.15) is 0 Å². The Kier molecular flexibility index (Phi) is 4.63. The van der Waals surface area contributed by atoms with Crippen molar-refractivity contribution in [1.29, 1.82) is 0 Å². The van der Waals surface area contributed by atoms with Gasteiger partial charge in [0.2, 0.25) is 5.91 Å². The number of carbonyl (C=O) groups is 1. The molecule has 1 aromatic carbocycles. The zero-order chi connectivity index (χ0) is 13.9. The molecule has 0 aliphatic rings. The minimum atomic E-state index is -0.656. The lowest BCUT2D eigenvalue weighted by Gasteiger charge is -2.15. The fourth-order valence-corrected chi connectivity index (χ4v) is 1.46. The highest BCUT2D eigenvalue weighted by atomic mass is 35.5. The number of hydrogen-bond acceptors (Lipinski definition) is 4. The lowest BCUT2D eigenvalue weighted by molar-refractivity contribution is -0.384. The summed E-state index contributed by atoms with van der Waals surface area (Å²) >= 11 is 5.84. The molecule has 0 radical (unpaired) electrons. The van der Waals surface area contributed by atoms with Crippen LogP contribution in [0, 0.1) is 16.0 Å². The van der Waals surface area contributed by atoms with Gasteiger partial charge in [-0.3, -0.25) is 14.9 Å². The van der Waals surface area contributed by atoms with E-state index in [-0.39, 0.29) is 22.5 Å². The van der Waals surface area contributed by atoms with E-state index in [1.54, 1.807) is 0 Å². The van der Waals surface area contributed by atoms with Crippen molar-refractivity contribution in [2.45, 2.75) is 19.9 Å². The van der Waals surface area contributed by atoms with Crippen molar-refractivity contribution >= 4 is 28.9 Å². The van der Waals surface area contributed by atoms with Crippen LogP contribution in [0.15, 0.2) is 18.2 Å². The van der Waals surface area contributed by atoms with Crippen LogP contribution in [0.3, 0.4) is 0 Å². The molecule has 1 amide bonds. The normalized spacial score (nSPS) is 12.3. The molecule has 3 N–H and O–H groups in total. The summed E-state index contributed by atoms with van der Waals surface area (Å²) in [6.07, 6.45) is 0. The topological polar surface area (TPSA) is 98.3 Å². The van der Waals surface area contributed by atoms with E-state index in [4.69, 9.17) is 17.3 Å². The molecule has 0 saturated heterocycles. The van der Waals surface area contributed by atoms with Gasteiger partial charge >= 0.3 is 0 Å². The van der Waals surface area contributed by atoms with Crippen molar-refractivity contribution in [3.63, 3.8) is 0 Å². The van der Waals surface area contributed by atoms with Crippen LogP contribution in [0.25, 0.3) is 0 Å². The summed E-state index contributed by atoms with van der Waals surface area (Å²) in [4.78, 5) is 21.7. The fraction of sp³-hybridized carbons (Fsp3) is 0.364. The Bertz CT molecular complexity index is 477. The van der Waals surface area contributed by atoms with Crippen LogP contribution in [-0.4, -0.2) is 16.9 Å². The van der Waals surface area contributed by atoms with Crippen molar-refractivity contribution in [1.82, 2.24) is 0 Å². The smallest absolute Gasteiger partial charge is 0.271 e. The van der Waals surface area contributed by atoms with Gasteiger partial charge in [-0.1, -0.05) is 25.4 Å². The number of anilines is 1. The van der Waals surface area contributed by atoms with E-state index in [0.717, 1.165) is 0 Å². The van der Waals surface area contributed by atoms with Gasteiger partial charge in [-0.05, 0) is 12.0 Å². The quantitative estimate of drug-likeness (QED) is 0.647. The standard InChI is InChI=1S/C11H14ClN3O3/c1-6(2)10(13)11(16)14-9-4-3-7(15(17)18)5-8(9)12/h3-6,10H,13H2,1-2H3,(H,14,16). The largest absolute Gasteiger partial charge is 0.323 e. The molecule has 1 rings (SSSR count). The number of rotatable bonds is 4. The van der Waals surface area contributed by atoms with Gasteiger partial charge in [0, 0.05) is 12.1 Å². The van der Waals surface area contributed by atoms with Gasteiger partial charge in [-0.15, -0.1) is 0 Å². The number of amides is 1. The average Bonchev–Trinajstić information content (AvgIpc) is 2.30. The zero-order valence-electron chi connectivity index (χ0n) is 10.0. The highest BCUT2D eigenvalue weighted by molar-refractivity contribution is 6.34. The van der Waals surface area contributed by atoms with Crippen LogP contribution in [0.4, 0.5) is 11.4 Å². The summed E-state index contributed by atoms with van der Waals surface area (Å²) < 4.78 is 0. The molecule has 98 valence electrons. The molecule has 6 nitrogen and oxygen atoms in total. The van der Waals surface area contributed by atoms with Gasteiger partial charge in [0.15, 0.2) is 0 Å². The SMILES string of the molecule is CC(C)C(N)C(=O)Nc1ccc([N+](=O)[O-])cc1Cl. The van der Waals surface area contributed by atoms with Crippen LogP contribution in [0.1, 0.15) is 13.8 Å². The van der Waals surface area contributed by atoms with E-state index in [1.165, 1.54) is 18.2 Å². The second-order valence-corrected chi connectivity index (χ2v) is 4.59. The van der Waals surface area contributed by atoms with Crippen LogP contribution in [0.5, 0.6) is 0 Å². The molecule has 0 spiro atoms. The molecule has 1 aromatic rings. The first kappa shape index (κ1) is 14.4. The molecular formula is C11H14ClN3O3. The Morgan fingerprint density at radius 3 is 2.56 bits per heavy atom. The Morgan fingerprint density at radius 2 is 2.11 bits per heavy atom. The van der Waals surface area contributed by atoms with Gasteiger partial charge < -0.3 is 11.1 Å². The lowest BCUT2D eigenvalue weighted by Crippen LogP contribution is -2.39. The first-order valence-electron chi connectivity index (χ1n) is 5.33. The molecule has 0 heterocycles. The summed E-state index contributed by atoms with van der Waals surface area (Å²) in [5, 5.41) is 13.2. The van der Waals surface area contributed by atoms with Gasteiger partial charge in [-0.25, -0.2) is 0 Å². The first-order chi connectivity index (χ1) is 8.32. The highest BCUT2D eigenvalue weighted by Gasteiger charge is 2.19. The molecule has 1 atom stereocenters. The number of nitrogens with zero attached hydrogens (tertiary/aromatic N) is 1. The molecule has 18 heavy (non-hydrogen) atoms. The predicted octanol–water partition coefficient (Wildman–Crippen LogP) is 2.17. The Balaban J connectivity index is 2.86. The molecule has 0 aliphatic carbocycles. The predicted molar refractivity (Wildman–Crippen MR) is 69.5 cm³/mol. The number of nitro groups is 1. The highest BCUT2D eigenvalue weighted by Crippen LogP contribution is 2.26. The van der Waals surface area contributed by atoms with Crippen LogP contribution in [0.2, 0.25) is 5.02 Å². The van der Waals surface area contributed by atoms with Gasteiger partial charge in [0.05, 0.1) is 21.7 Å². The van der Waals surface area contributed by atoms with E-state index in [0.29, 0.717) is 5.69 Å². The number of nitro benzene ring substituents is 1. The van der Waals surface area contributed by atoms with E-state index in [9.17, 15) is 14.9 Å². The first-order valence-corrected chi connectivity index (χ1v) is 5.71. The second kappa shape index (κ2) is 5.79. The van der Waals surface area contributed by atoms with Crippen LogP contribution in [-0.2, 0) is 4.79 Å². The average molecular weight is 272 g/mol. The van der Waals surface area contributed by atoms with E-state index >= 15 is 0 Å². The fourth-order valence-electron chi connectivity index (χ4n) is 1.24. The van der Waals surface area contributed by atoms with Crippen molar-refractivity contribution in [2.24, 2.45) is 11.7 Å². The summed E-state index contributed by atoms with van der Waals surface area (Å²) in [6.45, 7) is 3.64. The lowest BCUT2D eigenvalue weighted by atomic mass is 10.0. The monoisotopic (exact) mass is 271 g/mol. The third kappa shape index (κ3) is 3.41. The number of halogens is 1. The summed E-state index contributed by atoms with van der Waals surface area (Å²) in [7, 11) is 0. The Hall–Kier alpha value is -1.66. The number of carbonyl (C=O) groups excluding carboxylic acids is 1. The van der Waals surface area contributed by atoms with Crippen LogP contribution < -0.4 is 11.1 Å². The van der Waals surface area contributed by atoms with E-state index in [1.807, 2.05) is 13.8 Å². The van der Waals surface area contributed by atoms with Crippen molar-refractivity contribution < 1.29 is 9.72 Å². The molecule has 0 fully saturated rings. The second-order valence-electron chi connectivity index (χ2n) is 4.18. The molecule has 0 saturated carbocycles. The Morgan fingerprint density at radius 1 is 1.50 bits per heavy atom. The molecule has 1 unspecified atom stereocenters. The number of hydrogen-bond donors (Lipinski definition) is 2. The number of nitrogens with one attached hydrogen (secondary N) is 1. The molecule has 0 aromatic heterocycles. The number of nitrogens with two attached hydrogens (primary N) is 1.